The van der Waals surface area contributed by atoms with E-state index in [1.807, 2.05) is 24.3 Å². The van der Waals surface area contributed by atoms with Crippen LogP contribution < -0.4 is 14.8 Å². The van der Waals surface area contributed by atoms with Gasteiger partial charge in [-0.1, -0.05) is 12.1 Å². The summed E-state index contributed by atoms with van der Waals surface area (Å²) >= 11 is 0. The van der Waals surface area contributed by atoms with Gasteiger partial charge in [-0.05, 0) is 17.7 Å². The van der Waals surface area contributed by atoms with Gasteiger partial charge >= 0.3 is 0 Å². The van der Waals surface area contributed by atoms with Gasteiger partial charge in [-0.2, -0.15) is 5.26 Å². The highest BCUT2D eigenvalue weighted by atomic mass is 32.2. The zero-order chi connectivity index (χ0) is 14.1. The van der Waals surface area contributed by atoms with Crippen molar-refractivity contribution in [3.63, 3.8) is 0 Å². The minimum absolute atomic E-state index is 0.0230. The van der Waals surface area contributed by atoms with Crippen molar-refractivity contribution in [2.45, 2.75) is 6.54 Å². The van der Waals surface area contributed by atoms with Crippen molar-refractivity contribution in [2.75, 3.05) is 26.0 Å². The van der Waals surface area contributed by atoms with E-state index in [1.54, 1.807) is 6.07 Å². The van der Waals surface area contributed by atoms with Crippen LogP contribution in [-0.2, 0) is 16.6 Å². The molecule has 2 N–H and O–H groups in total. The van der Waals surface area contributed by atoms with E-state index in [4.69, 9.17) is 10.00 Å². The number of nitriles is 1. The van der Waals surface area contributed by atoms with Crippen LogP contribution in [0.25, 0.3) is 0 Å². The summed E-state index contributed by atoms with van der Waals surface area (Å²) in [5.74, 6) is 0.648. The number of sulfonamides is 1. The maximum atomic E-state index is 10.8. The molecule has 0 aliphatic heterocycles. The Kier molecular flexibility index (Phi) is 6.29. The second-order valence-corrected chi connectivity index (χ2v) is 5.77. The highest BCUT2D eigenvalue weighted by Gasteiger charge is 1.99. The first-order chi connectivity index (χ1) is 9.01. The molecule has 19 heavy (non-hydrogen) atoms. The fourth-order valence-corrected chi connectivity index (χ4v) is 1.89. The van der Waals surface area contributed by atoms with E-state index in [9.17, 15) is 8.42 Å². The van der Waals surface area contributed by atoms with Crippen LogP contribution in [0.15, 0.2) is 24.3 Å². The lowest BCUT2D eigenvalue weighted by atomic mass is 10.2. The zero-order valence-electron chi connectivity index (χ0n) is 10.7. The molecular formula is C12H17N3O3S. The van der Waals surface area contributed by atoms with Crippen molar-refractivity contribution in [1.29, 1.82) is 5.26 Å². The van der Waals surface area contributed by atoms with Crippen molar-refractivity contribution in [1.82, 2.24) is 10.0 Å². The second kappa shape index (κ2) is 7.74. The fraction of sp³-hybridized carbons (Fsp3) is 0.417. The Morgan fingerprint density at radius 3 is 2.84 bits per heavy atom. The molecule has 0 saturated carbocycles. The van der Waals surface area contributed by atoms with Crippen LogP contribution in [0.3, 0.4) is 0 Å². The summed E-state index contributed by atoms with van der Waals surface area (Å²) < 4.78 is 29.2. The molecule has 0 aromatic heterocycles. The number of ether oxygens (including phenoxy) is 1. The SMILES string of the molecule is CS(=O)(=O)NCCNCc1cccc(OCC#N)c1. The van der Waals surface area contributed by atoms with Crippen molar-refractivity contribution in [3.8, 4) is 11.8 Å². The van der Waals surface area contributed by atoms with Gasteiger partial charge in [0, 0.05) is 19.6 Å². The lowest BCUT2D eigenvalue weighted by molar-refractivity contribution is 0.367. The molecule has 1 aromatic rings. The summed E-state index contributed by atoms with van der Waals surface area (Å²) in [7, 11) is -3.13. The molecule has 0 radical (unpaired) electrons. The molecule has 0 heterocycles. The topological polar surface area (TPSA) is 91.2 Å². The van der Waals surface area contributed by atoms with Crippen LogP contribution in [0.4, 0.5) is 0 Å². The lowest BCUT2D eigenvalue weighted by Crippen LogP contribution is -2.30. The summed E-state index contributed by atoms with van der Waals surface area (Å²) in [4.78, 5) is 0. The minimum atomic E-state index is -3.13. The molecular weight excluding hydrogens is 266 g/mol. The zero-order valence-corrected chi connectivity index (χ0v) is 11.5. The molecule has 1 rings (SSSR count). The van der Waals surface area contributed by atoms with E-state index >= 15 is 0 Å². The minimum Gasteiger partial charge on any atom is -0.479 e. The second-order valence-electron chi connectivity index (χ2n) is 3.94. The maximum Gasteiger partial charge on any atom is 0.208 e. The summed E-state index contributed by atoms with van der Waals surface area (Å²) in [6.07, 6.45) is 1.13. The first-order valence-electron chi connectivity index (χ1n) is 5.75. The Bertz CT molecular complexity index is 537. The molecule has 1 aromatic carbocycles. The molecule has 7 heteroatoms. The molecule has 0 aliphatic rings. The maximum absolute atomic E-state index is 10.8. The Balaban J connectivity index is 2.31. The van der Waals surface area contributed by atoms with Gasteiger partial charge in [0.2, 0.25) is 10.0 Å². The van der Waals surface area contributed by atoms with Crippen molar-refractivity contribution in [2.24, 2.45) is 0 Å². The predicted molar refractivity (Wildman–Crippen MR) is 72.1 cm³/mol. The van der Waals surface area contributed by atoms with E-state index in [-0.39, 0.29) is 6.61 Å². The number of nitrogens with zero attached hydrogens (tertiary/aromatic N) is 1. The highest BCUT2D eigenvalue weighted by molar-refractivity contribution is 7.88. The summed E-state index contributed by atoms with van der Waals surface area (Å²) in [5.41, 5.74) is 1.01. The number of rotatable bonds is 8. The van der Waals surface area contributed by atoms with Gasteiger partial charge in [-0.15, -0.1) is 0 Å². The molecule has 0 bridgehead atoms. The summed E-state index contributed by atoms with van der Waals surface area (Å²) in [6.45, 7) is 1.52. The molecule has 0 unspecified atom stereocenters. The molecule has 0 saturated heterocycles. The Morgan fingerprint density at radius 2 is 2.16 bits per heavy atom. The van der Waals surface area contributed by atoms with Gasteiger partial charge in [0.1, 0.15) is 11.8 Å². The summed E-state index contributed by atoms with van der Waals surface area (Å²) in [6, 6.07) is 9.30. The largest absolute Gasteiger partial charge is 0.479 e. The number of nitrogens with one attached hydrogen (secondary N) is 2. The van der Waals surface area contributed by atoms with E-state index in [0.717, 1.165) is 11.8 Å². The average molecular weight is 283 g/mol. The molecule has 104 valence electrons. The summed E-state index contributed by atoms with van der Waals surface area (Å²) in [5, 5.41) is 11.5. The quantitative estimate of drug-likeness (QED) is 0.666. The van der Waals surface area contributed by atoms with Crippen LogP contribution in [0.1, 0.15) is 5.56 Å². The number of benzene rings is 1. The third-order valence-corrected chi connectivity index (χ3v) is 2.93. The number of hydrogen-bond donors (Lipinski definition) is 2. The molecule has 6 nitrogen and oxygen atoms in total. The molecule has 0 fully saturated rings. The van der Waals surface area contributed by atoms with Crippen LogP contribution in [0.5, 0.6) is 5.75 Å². The van der Waals surface area contributed by atoms with E-state index < -0.39 is 10.0 Å². The Labute approximate surface area is 113 Å². The van der Waals surface area contributed by atoms with E-state index in [1.165, 1.54) is 0 Å². The monoisotopic (exact) mass is 283 g/mol. The Hall–Kier alpha value is -1.62. The van der Waals surface area contributed by atoms with E-state index in [0.29, 0.717) is 25.4 Å². The van der Waals surface area contributed by atoms with Crippen LogP contribution >= 0.6 is 0 Å². The van der Waals surface area contributed by atoms with E-state index in [2.05, 4.69) is 10.0 Å². The van der Waals surface area contributed by atoms with Crippen LogP contribution in [0.2, 0.25) is 0 Å². The van der Waals surface area contributed by atoms with Gasteiger partial charge in [0.05, 0.1) is 6.26 Å². The van der Waals surface area contributed by atoms with Crippen molar-refractivity contribution < 1.29 is 13.2 Å². The molecule has 0 spiro atoms. The highest BCUT2D eigenvalue weighted by Crippen LogP contribution is 2.12. The smallest absolute Gasteiger partial charge is 0.208 e. The first-order valence-corrected chi connectivity index (χ1v) is 7.64. The molecule has 0 amide bonds. The third-order valence-electron chi connectivity index (χ3n) is 2.20. The van der Waals surface area contributed by atoms with Gasteiger partial charge in [-0.3, -0.25) is 0 Å². The first kappa shape index (κ1) is 15.4. The normalized spacial score (nSPS) is 10.9. The van der Waals surface area contributed by atoms with Crippen molar-refractivity contribution >= 4 is 10.0 Å². The standard InChI is InChI=1S/C12H17N3O3S/c1-19(16,17)15-7-6-14-10-11-3-2-4-12(9-11)18-8-5-13/h2-4,9,14-15H,6-8,10H2,1H3. The van der Waals surface area contributed by atoms with Crippen molar-refractivity contribution in [3.05, 3.63) is 29.8 Å². The lowest BCUT2D eigenvalue weighted by Gasteiger charge is -2.07. The Morgan fingerprint density at radius 1 is 1.37 bits per heavy atom. The van der Waals surface area contributed by atoms with Crippen LogP contribution in [-0.4, -0.2) is 34.4 Å². The predicted octanol–water partition coefficient (Wildman–Crippen LogP) is 0.228. The third kappa shape index (κ3) is 7.41. The van der Waals surface area contributed by atoms with Gasteiger partial charge in [-0.25, -0.2) is 13.1 Å². The van der Waals surface area contributed by atoms with Gasteiger partial charge in [0.15, 0.2) is 6.61 Å². The van der Waals surface area contributed by atoms with Gasteiger partial charge in [0.25, 0.3) is 0 Å². The molecule has 0 aliphatic carbocycles. The van der Waals surface area contributed by atoms with Gasteiger partial charge < -0.3 is 10.1 Å². The molecule has 0 atom stereocenters. The average Bonchev–Trinajstić information content (AvgIpc) is 2.35. The fourth-order valence-electron chi connectivity index (χ4n) is 1.42. The number of hydrogen-bond acceptors (Lipinski definition) is 5. The van der Waals surface area contributed by atoms with Crippen LogP contribution in [0, 0.1) is 11.3 Å².